The molecule has 1 atom stereocenters. The van der Waals surface area contributed by atoms with E-state index in [1.807, 2.05) is 0 Å². The highest BCUT2D eigenvalue weighted by Crippen LogP contribution is 2.56. The van der Waals surface area contributed by atoms with Gasteiger partial charge in [-0.2, -0.15) is 0 Å². The van der Waals surface area contributed by atoms with Crippen molar-refractivity contribution in [3.63, 3.8) is 0 Å². The molecule has 0 saturated heterocycles. The number of nitrogens with zero attached hydrogens (tertiary/aromatic N) is 1. The number of carbonyl (C=O) groups excluding carboxylic acids is 3. The fourth-order valence-electron chi connectivity index (χ4n) is 5.10. The molecule has 2 aromatic carbocycles. The lowest BCUT2D eigenvalue weighted by Gasteiger charge is -2.44. The number of allylic oxidation sites excluding steroid dienone is 1. The number of ketones is 1. The molecular weight excluding hydrogens is 484 g/mol. The molecule has 1 unspecified atom stereocenters. The second-order valence-electron chi connectivity index (χ2n) is 8.18. The van der Waals surface area contributed by atoms with Gasteiger partial charge >= 0.3 is 5.97 Å². The zero-order valence-corrected chi connectivity index (χ0v) is 19.4. The molecule has 0 saturated carbocycles. The number of methoxy groups -OCH3 is 1. The summed E-state index contributed by atoms with van der Waals surface area (Å²) in [5.74, 6) is -2.55. The van der Waals surface area contributed by atoms with Gasteiger partial charge in [0.25, 0.3) is 0 Å². The minimum Gasteiger partial charge on any atom is -0.466 e. The highest BCUT2D eigenvalue weighted by Gasteiger charge is 2.62. The van der Waals surface area contributed by atoms with E-state index >= 15 is 0 Å². The van der Waals surface area contributed by atoms with E-state index in [1.54, 1.807) is 18.2 Å². The molecule has 0 radical (unpaired) electrons. The first-order chi connectivity index (χ1) is 16.2. The van der Waals surface area contributed by atoms with Crippen molar-refractivity contribution in [2.45, 2.75) is 24.7 Å². The lowest BCUT2D eigenvalue weighted by Crippen LogP contribution is -2.53. The van der Waals surface area contributed by atoms with Crippen LogP contribution in [-0.2, 0) is 24.5 Å². The predicted octanol–water partition coefficient (Wildman–Crippen LogP) is 4.19. The van der Waals surface area contributed by atoms with Crippen molar-refractivity contribution in [2.75, 3.05) is 17.3 Å². The molecule has 174 valence electrons. The number of Topliss-reactive ketones (excluding diaryl/α,β-unsaturated/α-hetero) is 1. The fraction of sp³-hybridized carbons (Fsp3) is 0.208. The zero-order valence-electron chi connectivity index (χ0n) is 17.9. The molecule has 2 heterocycles. The number of esters is 1. The average Bonchev–Trinajstić information content (AvgIpc) is 3.07. The monoisotopic (exact) mass is 501 g/mol. The number of halogens is 3. The number of benzene rings is 2. The summed E-state index contributed by atoms with van der Waals surface area (Å²) in [5.41, 5.74) is 6.18. The average molecular weight is 502 g/mol. The Kier molecular flexibility index (Phi) is 5.18. The molecule has 10 heteroatoms. The molecule has 3 N–H and O–H groups in total. The third-order valence-corrected chi connectivity index (χ3v) is 6.95. The maximum absolute atomic E-state index is 13.9. The summed E-state index contributed by atoms with van der Waals surface area (Å²) >= 11 is 12.3. The summed E-state index contributed by atoms with van der Waals surface area (Å²) in [4.78, 5) is 41.9. The Labute approximate surface area is 203 Å². The summed E-state index contributed by atoms with van der Waals surface area (Å²) in [6, 6.07) is 8.69. The Morgan fingerprint density at radius 2 is 1.94 bits per heavy atom. The van der Waals surface area contributed by atoms with Gasteiger partial charge in [0.15, 0.2) is 5.78 Å². The number of anilines is 2. The van der Waals surface area contributed by atoms with E-state index in [4.69, 9.17) is 33.7 Å². The fourth-order valence-corrected chi connectivity index (χ4v) is 5.45. The Hall–Kier alpha value is -3.36. The molecule has 1 aliphatic carbocycles. The van der Waals surface area contributed by atoms with Crippen molar-refractivity contribution in [1.29, 1.82) is 0 Å². The van der Waals surface area contributed by atoms with Gasteiger partial charge in [-0.1, -0.05) is 23.2 Å². The van der Waals surface area contributed by atoms with Gasteiger partial charge in [0.1, 0.15) is 22.6 Å². The summed E-state index contributed by atoms with van der Waals surface area (Å²) in [6.07, 6.45) is 1.07. The Morgan fingerprint density at radius 1 is 1.18 bits per heavy atom. The third-order valence-electron chi connectivity index (χ3n) is 6.43. The van der Waals surface area contributed by atoms with Gasteiger partial charge in [0, 0.05) is 39.7 Å². The number of carbonyl (C=O) groups is 3. The normalized spacial score (nSPS) is 21.6. The molecule has 1 spiro atoms. The van der Waals surface area contributed by atoms with Gasteiger partial charge in [-0.3, -0.25) is 14.5 Å². The Balaban J connectivity index is 1.91. The smallest absolute Gasteiger partial charge is 0.339 e. The maximum atomic E-state index is 13.9. The van der Waals surface area contributed by atoms with Crippen LogP contribution in [0.4, 0.5) is 15.8 Å². The first-order valence-electron chi connectivity index (χ1n) is 10.4. The minimum atomic E-state index is -1.84. The van der Waals surface area contributed by atoms with Crippen molar-refractivity contribution >= 4 is 52.2 Å². The van der Waals surface area contributed by atoms with Gasteiger partial charge in [0.2, 0.25) is 5.91 Å². The van der Waals surface area contributed by atoms with Crippen molar-refractivity contribution in [3.05, 3.63) is 80.5 Å². The lowest BCUT2D eigenvalue weighted by molar-refractivity contribution is -0.138. The van der Waals surface area contributed by atoms with Gasteiger partial charge in [0.05, 0.1) is 12.1 Å². The molecule has 0 fully saturated rings. The van der Waals surface area contributed by atoms with Crippen LogP contribution in [0.2, 0.25) is 10.0 Å². The molecule has 7 nitrogen and oxygen atoms in total. The number of nitrogens with two attached hydrogens (primary N) is 1. The van der Waals surface area contributed by atoms with E-state index in [-0.39, 0.29) is 34.2 Å². The van der Waals surface area contributed by atoms with Crippen LogP contribution in [0.15, 0.2) is 59.1 Å². The second kappa shape index (κ2) is 7.85. The molecule has 0 bridgehead atoms. The summed E-state index contributed by atoms with van der Waals surface area (Å²) in [5, 5.41) is 2.92. The van der Waals surface area contributed by atoms with Crippen LogP contribution in [0.3, 0.4) is 0 Å². The Morgan fingerprint density at radius 3 is 2.65 bits per heavy atom. The standard InChI is InChI=1S/C24H18Cl2FN3O4/c1-34-22(32)20-21(28)30(12-6-7-15(27)14(26)10-12)17-3-2-4-18(31)19(17)24(20)13-9-11(25)5-8-16(13)29-23(24)33/h5-10H,2-4,28H2,1H3,(H,29,33). The third kappa shape index (κ3) is 2.91. The van der Waals surface area contributed by atoms with Crippen LogP contribution in [-0.4, -0.2) is 24.8 Å². The molecule has 34 heavy (non-hydrogen) atoms. The number of amides is 1. The van der Waals surface area contributed by atoms with Crippen LogP contribution >= 0.6 is 23.2 Å². The van der Waals surface area contributed by atoms with E-state index in [0.717, 1.165) is 13.2 Å². The molecule has 5 rings (SSSR count). The molecule has 0 aromatic heterocycles. The molecule has 3 aliphatic rings. The maximum Gasteiger partial charge on any atom is 0.339 e. The highest BCUT2D eigenvalue weighted by molar-refractivity contribution is 6.32. The van der Waals surface area contributed by atoms with Crippen LogP contribution in [0.25, 0.3) is 0 Å². The van der Waals surface area contributed by atoms with E-state index in [0.29, 0.717) is 40.5 Å². The van der Waals surface area contributed by atoms with E-state index in [1.165, 1.54) is 17.0 Å². The van der Waals surface area contributed by atoms with Gasteiger partial charge < -0.3 is 15.8 Å². The van der Waals surface area contributed by atoms with Gasteiger partial charge in [-0.15, -0.1) is 0 Å². The number of fused-ring (bicyclic) bond motifs is 3. The van der Waals surface area contributed by atoms with Crippen LogP contribution < -0.4 is 16.0 Å². The first-order valence-corrected chi connectivity index (χ1v) is 11.2. The van der Waals surface area contributed by atoms with Crippen molar-refractivity contribution in [1.82, 2.24) is 0 Å². The first kappa shape index (κ1) is 22.4. The number of hydrogen-bond donors (Lipinski definition) is 2. The minimum absolute atomic E-state index is 0.118. The number of ether oxygens (including phenoxy) is 1. The quantitative estimate of drug-likeness (QED) is 0.598. The number of nitrogens with one attached hydrogen (secondary N) is 1. The summed E-state index contributed by atoms with van der Waals surface area (Å²) < 4.78 is 19.0. The topological polar surface area (TPSA) is 102 Å². The SMILES string of the molecule is COC(=O)C1=C(N)N(c2ccc(F)c(Cl)c2)C2=C(C(=O)CCC2)C12C(=O)Nc1ccc(Cl)cc12. The Bertz CT molecular complexity index is 1370. The van der Waals surface area contributed by atoms with Gasteiger partial charge in [-0.25, -0.2) is 9.18 Å². The van der Waals surface area contributed by atoms with Gasteiger partial charge in [-0.05, 0) is 49.2 Å². The molecular formula is C24H18Cl2FN3O4. The molecule has 2 aliphatic heterocycles. The summed E-state index contributed by atoms with van der Waals surface area (Å²) in [7, 11) is 1.16. The van der Waals surface area contributed by atoms with E-state index in [2.05, 4.69) is 5.32 Å². The van der Waals surface area contributed by atoms with Crippen molar-refractivity contribution in [2.24, 2.45) is 5.73 Å². The van der Waals surface area contributed by atoms with Crippen LogP contribution in [0.1, 0.15) is 24.8 Å². The lowest BCUT2D eigenvalue weighted by atomic mass is 9.63. The molecule has 2 aromatic rings. The van der Waals surface area contributed by atoms with E-state index in [9.17, 15) is 18.8 Å². The molecule has 1 amide bonds. The second-order valence-corrected chi connectivity index (χ2v) is 9.02. The van der Waals surface area contributed by atoms with Crippen molar-refractivity contribution in [3.8, 4) is 0 Å². The predicted molar refractivity (Wildman–Crippen MR) is 125 cm³/mol. The highest BCUT2D eigenvalue weighted by atomic mass is 35.5. The summed E-state index contributed by atoms with van der Waals surface area (Å²) in [6.45, 7) is 0. The zero-order chi connectivity index (χ0) is 24.4. The van der Waals surface area contributed by atoms with Crippen LogP contribution in [0, 0.1) is 5.82 Å². The van der Waals surface area contributed by atoms with Crippen LogP contribution in [0.5, 0.6) is 0 Å². The largest absolute Gasteiger partial charge is 0.466 e. The van der Waals surface area contributed by atoms with E-state index < -0.39 is 23.1 Å². The number of rotatable bonds is 2. The van der Waals surface area contributed by atoms with Crippen molar-refractivity contribution < 1.29 is 23.5 Å². The number of hydrogen-bond acceptors (Lipinski definition) is 6.